The van der Waals surface area contributed by atoms with Crippen molar-refractivity contribution in [2.75, 3.05) is 14.2 Å². The van der Waals surface area contributed by atoms with E-state index < -0.39 is 5.56 Å². The number of benzene rings is 2. The standard InChI is InChI=1S/C18H15NO4/c1-22-13-5-3-11(4-6-13)15-10-12-9-14(23-2)7-8-16(12)19-18(21)17(15)20/h3-10H,1-2H3,(H,19,20,21). The van der Waals surface area contributed by atoms with E-state index >= 15 is 0 Å². The second-order valence-corrected chi connectivity index (χ2v) is 4.98. The van der Waals surface area contributed by atoms with Crippen molar-refractivity contribution >= 4 is 10.9 Å². The molecule has 0 amide bonds. The number of rotatable bonds is 3. The van der Waals surface area contributed by atoms with Gasteiger partial charge in [0, 0.05) is 10.9 Å². The number of aromatic nitrogens is 1. The maximum absolute atomic E-state index is 12.1. The quantitative estimate of drug-likeness (QED) is 0.805. The SMILES string of the molecule is COc1ccc(-c2cc3cc(OC)ccc3nc(=O)c2O)cc1. The largest absolute Gasteiger partial charge is 0.503 e. The van der Waals surface area contributed by atoms with Gasteiger partial charge in [-0.15, -0.1) is 0 Å². The first-order valence-corrected chi connectivity index (χ1v) is 6.99. The summed E-state index contributed by atoms with van der Waals surface area (Å²) in [4.78, 5) is 16.0. The van der Waals surface area contributed by atoms with Gasteiger partial charge < -0.3 is 14.6 Å². The van der Waals surface area contributed by atoms with Crippen molar-refractivity contribution < 1.29 is 14.6 Å². The highest BCUT2D eigenvalue weighted by atomic mass is 16.5. The van der Waals surface area contributed by atoms with Crippen molar-refractivity contribution in [1.82, 2.24) is 4.98 Å². The summed E-state index contributed by atoms with van der Waals surface area (Å²) in [7, 11) is 3.15. The lowest BCUT2D eigenvalue weighted by molar-refractivity contribution is 0.415. The molecule has 2 aromatic carbocycles. The molecule has 0 atom stereocenters. The number of ether oxygens (including phenoxy) is 2. The third-order valence-electron chi connectivity index (χ3n) is 3.62. The minimum absolute atomic E-state index is 0.384. The van der Waals surface area contributed by atoms with Crippen molar-refractivity contribution in [2.24, 2.45) is 0 Å². The summed E-state index contributed by atoms with van der Waals surface area (Å²) in [6, 6.07) is 14.0. The highest BCUT2D eigenvalue weighted by molar-refractivity contribution is 5.85. The number of methoxy groups -OCH3 is 2. The summed E-state index contributed by atoms with van der Waals surface area (Å²) >= 11 is 0. The maximum atomic E-state index is 12.1. The Kier molecular flexibility index (Phi) is 3.85. The summed E-state index contributed by atoms with van der Waals surface area (Å²) in [6.45, 7) is 0. The molecule has 1 N–H and O–H groups in total. The molecule has 0 aliphatic carbocycles. The Hall–Kier alpha value is -3.08. The molecule has 116 valence electrons. The van der Waals surface area contributed by atoms with E-state index in [1.807, 2.05) is 0 Å². The zero-order chi connectivity index (χ0) is 16.4. The van der Waals surface area contributed by atoms with Crippen molar-refractivity contribution in [1.29, 1.82) is 0 Å². The van der Waals surface area contributed by atoms with Gasteiger partial charge in [-0.1, -0.05) is 12.1 Å². The van der Waals surface area contributed by atoms with Crippen LogP contribution in [0.3, 0.4) is 0 Å². The summed E-state index contributed by atoms with van der Waals surface area (Å²) < 4.78 is 10.3. The van der Waals surface area contributed by atoms with E-state index in [9.17, 15) is 9.90 Å². The molecule has 3 aromatic rings. The van der Waals surface area contributed by atoms with Gasteiger partial charge in [-0.3, -0.25) is 4.79 Å². The molecular weight excluding hydrogens is 294 g/mol. The van der Waals surface area contributed by atoms with Crippen molar-refractivity contribution in [3.8, 4) is 28.4 Å². The first kappa shape index (κ1) is 14.8. The van der Waals surface area contributed by atoms with E-state index in [0.29, 0.717) is 33.5 Å². The van der Waals surface area contributed by atoms with Gasteiger partial charge in [0.25, 0.3) is 0 Å². The van der Waals surface area contributed by atoms with Crippen molar-refractivity contribution in [3.63, 3.8) is 0 Å². The van der Waals surface area contributed by atoms with Crippen LogP contribution in [0.1, 0.15) is 0 Å². The summed E-state index contributed by atoms with van der Waals surface area (Å²) in [5, 5.41) is 10.9. The third kappa shape index (κ3) is 2.81. The van der Waals surface area contributed by atoms with Crippen LogP contribution in [-0.2, 0) is 0 Å². The molecule has 0 saturated heterocycles. The predicted molar refractivity (Wildman–Crippen MR) is 88.2 cm³/mol. The average Bonchev–Trinajstić information content (AvgIpc) is 2.71. The van der Waals surface area contributed by atoms with Gasteiger partial charge in [-0.05, 0) is 42.0 Å². The lowest BCUT2D eigenvalue weighted by Gasteiger charge is -2.04. The van der Waals surface area contributed by atoms with Crippen molar-refractivity contribution in [2.45, 2.75) is 0 Å². The van der Waals surface area contributed by atoms with Gasteiger partial charge in [0.1, 0.15) is 11.5 Å². The van der Waals surface area contributed by atoms with Crippen LogP contribution in [-0.4, -0.2) is 24.3 Å². The normalized spacial score (nSPS) is 10.5. The van der Waals surface area contributed by atoms with Crippen LogP contribution in [0.4, 0.5) is 0 Å². The van der Waals surface area contributed by atoms with Crippen LogP contribution in [0.5, 0.6) is 17.2 Å². The molecule has 0 aliphatic rings. The zero-order valence-corrected chi connectivity index (χ0v) is 12.7. The Labute approximate surface area is 132 Å². The molecule has 3 rings (SSSR count). The minimum Gasteiger partial charge on any atom is -0.503 e. The second-order valence-electron chi connectivity index (χ2n) is 4.98. The van der Waals surface area contributed by atoms with Crippen LogP contribution < -0.4 is 15.0 Å². The molecule has 23 heavy (non-hydrogen) atoms. The fourth-order valence-electron chi connectivity index (χ4n) is 2.37. The first-order valence-electron chi connectivity index (χ1n) is 6.99. The van der Waals surface area contributed by atoms with E-state index in [1.165, 1.54) is 0 Å². The Morgan fingerprint density at radius 3 is 2.22 bits per heavy atom. The monoisotopic (exact) mass is 309 g/mol. The van der Waals surface area contributed by atoms with Crippen LogP contribution in [0.2, 0.25) is 0 Å². The Balaban J connectivity index is 2.29. The average molecular weight is 309 g/mol. The first-order chi connectivity index (χ1) is 11.1. The lowest BCUT2D eigenvalue weighted by Crippen LogP contribution is -2.01. The number of aromatic hydroxyl groups is 1. The van der Waals surface area contributed by atoms with Gasteiger partial charge >= 0.3 is 5.56 Å². The van der Waals surface area contributed by atoms with E-state index in [1.54, 1.807) is 62.8 Å². The Bertz CT molecular complexity index is 920. The molecule has 0 fully saturated rings. The van der Waals surface area contributed by atoms with Crippen LogP contribution in [0.15, 0.2) is 53.3 Å². The van der Waals surface area contributed by atoms with Gasteiger partial charge in [-0.25, -0.2) is 4.98 Å². The molecule has 0 bridgehead atoms. The molecule has 5 nitrogen and oxygen atoms in total. The highest BCUT2D eigenvalue weighted by Gasteiger charge is 2.10. The predicted octanol–water partition coefficient (Wildman–Crippen LogP) is 2.98. The number of fused-ring (bicyclic) bond motifs is 1. The molecule has 0 radical (unpaired) electrons. The smallest absolute Gasteiger partial charge is 0.313 e. The fourth-order valence-corrected chi connectivity index (χ4v) is 2.37. The maximum Gasteiger partial charge on any atom is 0.313 e. The van der Waals surface area contributed by atoms with Gasteiger partial charge in [0.15, 0.2) is 5.75 Å². The molecule has 0 saturated carbocycles. The molecular formula is C18H15NO4. The Morgan fingerprint density at radius 1 is 0.913 bits per heavy atom. The van der Waals surface area contributed by atoms with Crippen LogP contribution >= 0.6 is 0 Å². The molecule has 5 heteroatoms. The van der Waals surface area contributed by atoms with Gasteiger partial charge in [0.05, 0.1) is 19.7 Å². The Morgan fingerprint density at radius 2 is 1.57 bits per heavy atom. The van der Waals surface area contributed by atoms with E-state index in [-0.39, 0.29) is 5.75 Å². The van der Waals surface area contributed by atoms with Gasteiger partial charge in [0.2, 0.25) is 0 Å². The zero-order valence-electron chi connectivity index (χ0n) is 12.7. The summed E-state index contributed by atoms with van der Waals surface area (Å²) in [5.41, 5.74) is 0.928. The third-order valence-corrected chi connectivity index (χ3v) is 3.62. The van der Waals surface area contributed by atoms with Gasteiger partial charge in [-0.2, -0.15) is 0 Å². The topological polar surface area (TPSA) is 68.7 Å². The highest BCUT2D eigenvalue weighted by Crippen LogP contribution is 2.30. The van der Waals surface area contributed by atoms with E-state index in [2.05, 4.69) is 4.98 Å². The molecule has 0 unspecified atom stereocenters. The van der Waals surface area contributed by atoms with E-state index in [4.69, 9.17) is 9.47 Å². The lowest BCUT2D eigenvalue weighted by atomic mass is 10.1. The summed E-state index contributed by atoms with van der Waals surface area (Å²) in [5.74, 6) is 0.962. The molecule has 1 heterocycles. The fraction of sp³-hybridized carbons (Fsp3) is 0.111. The number of nitrogens with zero attached hydrogens (tertiary/aromatic N) is 1. The van der Waals surface area contributed by atoms with E-state index in [0.717, 1.165) is 0 Å². The molecule has 1 aromatic heterocycles. The number of hydrogen-bond acceptors (Lipinski definition) is 5. The molecule has 0 aliphatic heterocycles. The number of hydrogen-bond donors (Lipinski definition) is 1. The van der Waals surface area contributed by atoms with Crippen LogP contribution in [0, 0.1) is 0 Å². The van der Waals surface area contributed by atoms with Crippen molar-refractivity contribution in [3.05, 3.63) is 58.9 Å². The molecule has 0 spiro atoms. The minimum atomic E-state index is -0.670. The summed E-state index contributed by atoms with van der Waals surface area (Å²) in [6.07, 6.45) is 0. The second kappa shape index (κ2) is 5.96. The van der Waals surface area contributed by atoms with Crippen LogP contribution in [0.25, 0.3) is 22.0 Å².